The molecule has 1 saturated heterocycles. The van der Waals surface area contributed by atoms with Gasteiger partial charge in [0.1, 0.15) is 0 Å². The standard InChI is InChI=1S/C12H19N3S/c13-9-5-4-6-10-11(9)16-12(14-10)15-7-2-1-3-8-15/h9H,1-8,13H2. The van der Waals surface area contributed by atoms with Gasteiger partial charge in [0.25, 0.3) is 0 Å². The van der Waals surface area contributed by atoms with Crippen molar-refractivity contribution in [2.24, 2.45) is 5.73 Å². The third kappa shape index (κ3) is 1.84. The first-order valence-corrected chi connectivity index (χ1v) is 7.16. The smallest absolute Gasteiger partial charge is 0.185 e. The highest BCUT2D eigenvalue weighted by atomic mass is 32.1. The zero-order valence-corrected chi connectivity index (χ0v) is 10.4. The molecule has 3 rings (SSSR count). The van der Waals surface area contributed by atoms with Crippen molar-refractivity contribution in [2.75, 3.05) is 18.0 Å². The number of rotatable bonds is 1. The van der Waals surface area contributed by atoms with E-state index in [1.54, 1.807) is 0 Å². The highest BCUT2D eigenvalue weighted by Gasteiger charge is 2.24. The van der Waals surface area contributed by atoms with Crippen molar-refractivity contribution in [1.29, 1.82) is 0 Å². The SMILES string of the molecule is NC1CCCc2nc(N3CCCCC3)sc21. The van der Waals surface area contributed by atoms with Crippen LogP contribution in [0.3, 0.4) is 0 Å². The molecule has 0 aromatic carbocycles. The number of nitrogens with two attached hydrogens (primary N) is 1. The predicted molar refractivity (Wildman–Crippen MR) is 68.0 cm³/mol. The van der Waals surface area contributed by atoms with Crippen LogP contribution in [0.1, 0.15) is 48.7 Å². The average molecular weight is 237 g/mol. The summed E-state index contributed by atoms with van der Waals surface area (Å²) in [5.41, 5.74) is 7.42. The van der Waals surface area contributed by atoms with Gasteiger partial charge in [-0.3, -0.25) is 0 Å². The third-order valence-corrected chi connectivity index (χ3v) is 4.90. The fourth-order valence-corrected chi connectivity index (χ4v) is 3.86. The van der Waals surface area contributed by atoms with E-state index >= 15 is 0 Å². The first kappa shape index (κ1) is 10.5. The molecule has 88 valence electrons. The third-order valence-electron chi connectivity index (χ3n) is 3.61. The van der Waals surface area contributed by atoms with Crippen LogP contribution < -0.4 is 10.6 Å². The Hall–Kier alpha value is -0.610. The number of thiazole rings is 1. The Morgan fingerprint density at radius 3 is 2.75 bits per heavy atom. The Kier molecular flexibility index (Phi) is 2.86. The maximum atomic E-state index is 6.14. The van der Waals surface area contributed by atoms with Gasteiger partial charge in [-0.2, -0.15) is 0 Å². The normalized spacial score (nSPS) is 25.6. The fraction of sp³-hybridized carbons (Fsp3) is 0.750. The van der Waals surface area contributed by atoms with Crippen LogP contribution in [0.25, 0.3) is 0 Å². The second-order valence-corrected chi connectivity index (χ2v) is 5.86. The molecule has 0 saturated carbocycles. The van der Waals surface area contributed by atoms with Crippen LogP contribution in [0.2, 0.25) is 0 Å². The molecule has 0 spiro atoms. The molecular formula is C12H19N3S. The van der Waals surface area contributed by atoms with Crippen molar-refractivity contribution in [1.82, 2.24) is 4.98 Å². The van der Waals surface area contributed by atoms with Gasteiger partial charge >= 0.3 is 0 Å². The lowest BCUT2D eigenvalue weighted by Crippen LogP contribution is -2.29. The summed E-state index contributed by atoms with van der Waals surface area (Å²) in [7, 11) is 0. The topological polar surface area (TPSA) is 42.1 Å². The minimum atomic E-state index is 0.250. The van der Waals surface area contributed by atoms with Gasteiger partial charge in [-0.15, -0.1) is 0 Å². The van der Waals surface area contributed by atoms with Gasteiger partial charge in [-0.1, -0.05) is 11.3 Å². The number of fused-ring (bicyclic) bond motifs is 1. The zero-order chi connectivity index (χ0) is 11.0. The van der Waals surface area contributed by atoms with E-state index in [0.29, 0.717) is 0 Å². The van der Waals surface area contributed by atoms with Gasteiger partial charge in [-0.25, -0.2) is 4.98 Å². The van der Waals surface area contributed by atoms with Crippen molar-refractivity contribution < 1.29 is 0 Å². The molecule has 1 aliphatic carbocycles. The van der Waals surface area contributed by atoms with Crippen LogP contribution in [0.5, 0.6) is 0 Å². The fourth-order valence-electron chi connectivity index (χ4n) is 2.66. The maximum absolute atomic E-state index is 6.14. The number of hydrogen-bond donors (Lipinski definition) is 1. The molecule has 2 N–H and O–H groups in total. The Morgan fingerprint density at radius 1 is 1.19 bits per heavy atom. The van der Waals surface area contributed by atoms with Gasteiger partial charge in [-0.05, 0) is 38.5 Å². The van der Waals surface area contributed by atoms with Crippen LogP contribution in [0, 0.1) is 0 Å². The molecule has 1 fully saturated rings. The molecule has 1 aliphatic heterocycles. The second kappa shape index (κ2) is 4.34. The number of hydrogen-bond acceptors (Lipinski definition) is 4. The van der Waals surface area contributed by atoms with E-state index in [2.05, 4.69) is 4.90 Å². The highest BCUT2D eigenvalue weighted by molar-refractivity contribution is 7.15. The summed E-state index contributed by atoms with van der Waals surface area (Å²) in [5.74, 6) is 0. The predicted octanol–water partition coefficient (Wildman–Crippen LogP) is 2.47. The molecule has 0 bridgehead atoms. The van der Waals surface area contributed by atoms with Crippen molar-refractivity contribution in [3.63, 3.8) is 0 Å². The summed E-state index contributed by atoms with van der Waals surface area (Å²) >= 11 is 1.84. The quantitative estimate of drug-likeness (QED) is 0.816. The van der Waals surface area contributed by atoms with Crippen molar-refractivity contribution in [2.45, 2.75) is 44.6 Å². The molecule has 16 heavy (non-hydrogen) atoms. The summed E-state index contributed by atoms with van der Waals surface area (Å²) < 4.78 is 0. The Bertz CT molecular complexity index is 368. The van der Waals surface area contributed by atoms with Gasteiger partial charge in [0.05, 0.1) is 5.69 Å². The van der Waals surface area contributed by atoms with E-state index in [0.717, 1.165) is 12.8 Å². The largest absolute Gasteiger partial charge is 0.348 e. The number of anilines is 1. The first-order chi connectivity index (χ1) is 7.84. The summed E-state index contributed by atoms with van der Waals surface area (Å²) in [4.78, 5) is 8.59. The van der Waals surface area contributed by atoms with Crippen LogP contribution in [-0.4, -0.2) is 18.1 Å². The molecule has 1 atom stereocenters. The van der Waals surface area contributed by atoms with E-state index in [-0.39, 0.29) is 6.04 Å². The van der Waals surface area contributed by atoms with E-state index in [4.69, 9.17) is 10.7 Å². The van der Waals surface area contributed by atoms with Crippen LogP contribution >= 0.6 is 11.3 Å². The number of piperidine rings is 1. The lowest BCUT2D eigenvalue weighted by Gasteiger charge is -2.25. The highest BCUT2D eigenvalue weighted by Crippen LogP contribution is 2.36. The Morgan fingerprint density at radius 2 is 2.00 bits per heavy atom. The number of aromatic nitrogens is 1. The molecular weight excluding hydrogens is 218 g/mol. The minimum absolute atomic E-state index is 0.250. The summed E-state index contributed by atoms with van der Waals surface area (Å²) in [5, 5.41) is 1.22. The monoisotopic (exact) mass is 237 g/mol. The van der Waals surface area contributed by atoms with Crippen molar-refractivity contribution in [3.8, 4) is 0 Å². The summed E-state index contributed by atoms with van der Waals surface area (Å²) in [6.45, 7) is 2.36. The molecule has 2 aliphatic rings. The van der Waals surface area contributed by atoms with Gasteiger partial charge in [0.15, 0.2) is 5.13 Å². The molecule has 1 unspecified atom stereocenters. The summed E-state index contributed by atoms with van der Waals surface area (Å²) in [6, 6.07) is 0.250. The van der Waals surface area contributed by atoms with E-state index < -0.39 is 0 Å². The first-order valence-electron chi connectivity index (χ1n) is 6.35. The second-order valence-electron chi connectivity index (χ2n) is 4.85. The number of aryl methyl sites for hydroxylation is 1. The van der Waals surface area contributed by atoms with E-state index in [9.17, 15) is 0 Å². The van der Waals surface area contributed by atoms with Gasteiger partial charge in [0, 0.05) is 24.0 Å². The molecule has 2 heterocycles. The van der Waals surface area contributed by atoms with Gasteiger partial charge in [0.2, 0.25) is 0 Å². The molecule has 1 aromatic rings. The molecule has 1 aromatic heterocycles. The van der Waals surface area contributed by atoms with Crippen LogP contribution in [0.4, 0.5) is 5.13 Å². The van der Waals surface area contributed by atoms with Crippen LogP contribution in [0.15, 0.2) is 0 Å². The molecule has 4 heteroatoms. The average Bonchev–Trinajstić information content (AvgIpc) is 2.76. The van der Waals surface area contributed by atoms with Crippen molar-refractivity contribution in [3.05, 3.63) is 10.6 Å². The number of nitrogens with zero attached hydrogens (tertiary/aromatic N) is 2. The van der Waals surface area contributed by atoms with Crippen molar-refractivity contribution >= 4 is 16.5 Å². The minimum Gasteiger partial charge on any atom is -0.348 e. The lowest BCUT2D eigenvalue weighted by molar-refractivity contribution is 0.567. The zero-order valence-electron chi connectivity index (χ0n) is 9.61. The Labute approximate surface area is 101 Å². The Balaban J connectivity index is 1.85. The lowest BCUT2D eigenvalue weighted by atomic mass is 9.99. The van der Waals surface area contributed by atoms with E-state index in [1.165, 1.54) is 54.5 Å². The molecule has 3 nitrogen and oxygen atoms in total. The van der Waals surface area contributed by atoms with Crippen LogP contribution in [-0.2, 0) is 6.42 Å². The van der Waals surface area contributed by atoms with Gasteiger partial charge < -0.3 is 10.6 Å². The molecule has 0 amide bonds. The van der Waals surface area contributed by atoms with E-state index in [1.807, 2.05) is 11.3 Å². The summed E-state index contributed by atoms with van der Waals surface area (Å²) in [6.07, 6.45) is 7.48. The maximum Gasteiger partial charge on any atom is 0.185 e. The molecule has 0 radical (unpaired) electrons.